The molecule has 11 aromatic rings. The highest BCUT2D eigenvalue weighted by Gasteiger charge is 2.20. The summed E-state index contributed by atoms with van der Waals surface area (Å²) >= 11 is 0. The molecule has 0 aliphatic carbocycles. The number of fused-ring (bicyclic) bond motifs is 7. The molecule has 0 fully saturated rings. The zero-order chi connectivity index (χ0) is 36.3. The lowest BCUT2D eigenvalue weighted by atomic mass is 9.85. The molecule has 0 saturated heterocycles. The van der Waals surface area contributed by atoms with Crippen LogP contribution < -0.4 is 0 Å². The Morgan fingerprint density at radius 1 is 0.364 bits per heavy atom. The Bertz CT molecular complexity index is 3220. The van der Waals surface area contributed by atoms with Crippen LogP contribution in [-0.2, 0) is 0 Å². The van der Waals surface area contributed by atoms with E-state index in [-0.39, 0.29) is 0 Å². The number of rotatable bonds is 5. The Morgan fingerprint density at radius 2 is 0.945 bits per heavy atom. The van der Waals surface area contributed by atoms with Crippen molar-refractivity contribution in [1.29, 1.82) is 0 Å². The molecule has 0 unspecified atom stereocenters. The second-order valence-corrected chi connectivity index (χ2v) is 14.1. The van der Waals surface area contributed by atoms with Crippen molar-refractivity contribution in [3.63, 3.8) is 0 Å². The summed E-state index contributed by atoms with van der Waals surface area (Å²) in [5.74, 6) is 0. The minimum atomic E-state index is 0.939. The molecule has 256 valence electrons. The maximum Gasteiger partial charge on any atom is 0.0708 e. The second kappa shape index (κ2) is 12.6. The molecule has 0 spiro atoms. The Morgan fingerprint density at radius 3 is 1.62 bits per heavy atom. The first kappa shape index (κ1) is 31.2. The van der Waals surface area contributed by atoms with E-state index >= 15 is 0 Å². The lowest BCUT2D eigenvalue weighted by Gasteiger charge is -2.18. The Hall–Kier alpha value is -7.36. The smallest absolute Gasteiger partial charge is 0.0708 e. The number of hydrogen-bond acceptors (Lipinski definition) is 2. The SMILES string of the molecule is c1ccc(-c2c3ccccc3c(-c3ccccc3)c3cc(-c4ccc(-c5cc6c7cnccc7n(-c7ccccc7)c6c6ccccc56)nc4)ccc23)cc1. The van der Waals surface area contributed by atoms with Crippen molar-refractivity contribution in [2.45, 2.75) is 0 Å². The van der Waals surface area contributed by atoms with Crippen molar-refractivity contribution in [3.05, 3.63) is 201 Å². The predicted molar refractivity (Wildman–Crippen MR) is 231 cm³/mol. The average molecular weight is 700 g/mol. The monoisotopic (exact) mass is 699 g/mol. The quantitative estimate of drug-likeness (QED) is 0.167. The van der Waals surface area contributed by atoms with Crippen LogP contribution in [0.15, 0.2) is 201 Å². The van der Waals surface area contributed by atoms with Gasteiger partial charge in [0.1, 0.15) is 0 Å². The zero-order valence-electron chi connectivity index (χ0n) is 29.9. The van der Waals surface area contributed by atoms with Crippen molar-refractivity contribution in [1.82, 2.24) is 14.5 Å². The van der Waals surface area contributed by atoms with Gasteiger partial charge in [-0.05, 0) is 91.1 Å². The van der Waals surface area contributed by atoms with Crippen LogP contribution in [0.5, 0.6) is 0 Å². The van der Waals surface area contributed by atoms with Crippen molar-refractivity contribution in [3.8, 4) is 50.3 Å². The van der Waals surface area contributed by atoms with Crippen LogP contribution in [-0.4, -0.2) is 14.5 Å². The van der Waals surface area contributed by atoms with Gasteiger partial charge in [0.15, 0.2) is 0 Å². The van der Waals surface area contributed by atoms with Crippen LogP contribution >= 0.6 is 0 Å². The Labute approximate surface area is 318 Å². The molecule has 55 heavy (non-hydrogen) atoms. The van der Waals surface area contributed by atoms with Gasteiger partial charge in [-0.15, -0.1) is 0 Å². The van der Waals surface area contributed by atoms with Gasteiger partial charge in [-0.1, -0.05) is 146 Å². The van der Waals surface area contributed by atoms with E-state index in [4.69, 9.17) is 4.98 Å². The molecule has 0 radical (unpaired) electrons. The van der Waals surface area contributed by atoms with Crippen LogP contribution in [0.25, 0.3) is 104 Å². The summed E-state index contributed by atoms with van der Waals surface area (Å²) in [7, 11) is 0. The third kappa shape index (κ3) is 4.98. The molecule has 3 heterocycles. The Kier molecular flexibility index (Phi) is 7.17. The van der Waals surface area contributed by atoms with Gasteiger partial charge in [0.05, 0.1) is 16.7 Å². The molecule has 3 nitrogen and oxygen atoms in total. The van der Waals surface area contributed by atoms with Gasteiger partial charge >= 0.3 is 0 Å². The summed E-state index contributed by atoms with van der Waals surface area (Å²) in [5.41, 5.74) is 12.6. The van der Waals surface area contributed by atoms with Crippen molar-refractivity contribution >= 4 is 54.1 Å². The number of aromatic nitrogens is 3. The third-order valence-electron chi connectivity index (χ3n) is 11.1. The molecule has 3 heteroatoms. The number of pyridine rings is 2. The largest absolute Gasteiger partial charge is 0.309 e. The zero-order valence-corrected chi connectivity index (χ0v) is 29.9. The molecule has 0 atom stereocenters. The van der Waals surface area contributed by atoms with E-state index in [2.05, 4.69) is 192 Å². The van der Waals surface area contributed by atoms with E-state index < -0.39 is 0 Å². The van der Waals surface area contributed by atoms with E-state index in [0.717, 1.165) is 44.4 Å². The van der Waals surface area contributed by atoms with E-state index in [1.807, 2.05) is 18.6 Å². The van der Waals surface area contributed by atoms with E-state index in [9.17, 15) is 0 Å². The predicted octanol–water partition coefficient (Wildman–Crippen LogP) is 13.7. The molecule has 0 bridgehead atoms. The minimum absolute atomic E-state index is 0.939. The minimum Gasteiger partial charge on any atom is -0.309 e. The molecular formula is C52H33N3. The molecule has 11 rings (SSSR count). The van der Waals surface area contributed by atoms with Crippen LogP contribution in [0.2, 0.25) is 0 Å². The molecule has 0 amide bonds. The van der Waals surface area contributed by atoms with Crippen LogP contribution in [0.1, 0.15) is 0 Å². The fraction of sp³-hybridized carbons (Fsp3) is 0. The second-order valence-electron chi connectivity index (χ2n) is 14.1. The maximum atomic E-state index is 5.18. The number of benzene rings is 8. The number of nitrogens with zero attached hydrogens (tertiary/aromatic N) is 3. The van der Waals surface area contributed by atoms with Gasteiger partial charge in [0.25, 0.3) is 0 Å². The highest BCUT2D eigenvalue weighted by atomic mass is 15.0. The summed E-state index contributed by atoms with van der Waals surface area (Å²) in [6, 6.07) is 65.4. The molecule has 0 aliphatic rings. The average Bonchev–Trinajstić information content (AvgIpc) is 3.60. The molecule has 0 aliphatic heterocycles. The van der Waals surface area contributed by atoms with Gasteiger partial charge in [-0.25, -0.2) is 0 Å². The first-order valence-corrected chi connectivity index (χ1v) is 18.7. The highest BCUT2D eigenvalue weighted by molar-refractivity contribution is 6.23. The summed E-state index contributed by atoms with van der Waals surface area (Å²) in [4.78, 5) is 9.74. The van der Waals surface area contributed by atoms with Crippen molar-refractivity contribution < 1.29 is 0 Å². The molecule has 8 aromatic carbocycles. The topological polar surface area (TPSA) is 30.7 Å². The fourth-order valence-electron chi connectivity index (χ4n) is 8.69. The van der Waals surface area contributed by atoms with Gasteiger partial charge < -0.3 is 4.57 Å². The molecule has 0 N–H and O–H groups in total. The van der Waals surface area contributed by atoms with Gasteiger partial charge in [0, 0.05) is 51.6 Å². The summed E-state index contributed by atoms with van der Waals surface area (Å²) in [6.45, 7) is 0. The summed E-state index contributed by atoms with van der Waals surface area (Å²) < 4.78 is 2.37. The van der Waals surface area contributed by atoms with Crippen LogP contribution in [0, 0.1) is 0 Å². The highest BCUT2D eigenvalue weighted by Crippen LogP contribution is 2.45. The first-order chi connectivity index (χ1) is 27.3. The van der Waals surface area contributed by atoms with Gasteiger partial charge in [-0.3, -0.25) is 9.97 Å². The van der Waals surface area contributed by atoms with Crippen molar-refractivity contribution in [2.75, 3.05) is 0 Å². The number of hydrogen-bond donors (Lipinski definition) is 0. The lowest BCUT2D eigenvalue weighted by molar-refractivity contribution is 1.18. The first-order valence-electron chi connectivity index (χ1n) is 18.7. The standard InChI is InChI=1S/C52H33N3/c1-4-14-34(15-5-1)50-40-21-11-12-22-41(40)51(35-16-6-2-7-17-35)45-30-36(24-26-42(45)50)37-25-27-48(54-32-37)44-31-46-47-33-53-29-28-49(47)55(38-18-8-3-9-19-38)52(46)43-23-13-10-20-39(43)44/h1-33H. The third-order valence-corrected chi connectivity index (χ3v) is 11.1. The van der Waals surface area contributed by atoms with Gasteiger partial charge in [-0.2, -0.15) is 0 Å². The molecule has 0 saturated carbocycles. The normalized spacial score (nSPS) is 11.6. The lowest BCUT2D eigenvalue weighted by Crippen LogP contribution is -1.95. The Balaban J connectivity index is 1.10. The van der Waals surface area contributed by atoms with E-state index in [1.54, 1.807) is 0 Å². The molecule has 3 aromatic heterocycles. The number of para-hydroxylation sites is 1. The fourth-order valence-corrected chi connectivity index (χ4v) is 8.69. The summed E-state index contributed by atoms with van der Waals surface area (Å²) in [6.07, 6.45) is 5.90. The van der Waals surface area contributed by atoms with E-state index in [1.165, 1.54) is 60.1 Å². The van der Waals surface area contributed by atoms with Crippen LogP contribution in [0.4, 0.5) is 0 Å². The van der Waals surface area contributed by atoms with Crippen LogP contribution in [0.3, 0.4) is 0 Å². The van der Waals surface area contributed by atoms with Crippen molar-refractivity contribution in [2.24, 2.45) is 0 Å². The maximum absolute atomic E-state index is 5.18. The summed E-state index contributed by atoms with van der Waals surface area (Å²) in [5, 5.41) is 9.61. The van der Waals surface area contributed by atoms with E-state index in [0.29, 0.717) is 0 Å². The van der Waals surface area contributed by atoms with Gasteiger partial charge in [0.2, 0.25) is 0 Å². The molecular weight excluding hydrogens is 667 g/mol.